The van der Waals surface area contributed by atoms with Gasteiger partial charge in [0.25, 0.3) is 0 Å². The molecule has 0 aromatic heterocycles. The summed E-state index contributed by atoms with van der Waals surface area (Å²) >= 11 is 0. The second kappa shape index (κ2) is 5.72. The van der Waals surface area contributed by atoms with Crippen molar-refractivity contribution in [3.63, 3.8) is 0 Å². The van der Waals surface area contributed by atoms with Crippen LogP contribution in [0.25, 0.3) is 0 Å². The zero-order valence-corrected chi connectivity index (χ0v) is 11.5. The van der Waals surface area contributed by atoms with Gasteiger partial charge in [0, 0.05) is 6.54 Å². The highest BCUT2D eigenvalue weighted by molar-refractivity contribution is 5.27. The van der Waals surface area contributed by atoms with Gasteiger partial charge in [-0.2, -0.15) is 0 Å². The maximum Gasteiger partial charge on any atom is 0.119 e. The van der Waals surface area contributed by atoms with Crippen molar-refractivity contribution in [2.45, 2.75) is 31.7 Å². The van der Waals surface area contributed by atoms with Gasteiger partial charge < -0.3 is 10.5 Å². The van der Waals surface area contributed by atoms with E-state index >= 15 is 0 Å². The number of hydrogen-bond acceptors (Lipinski definition) is 3. The van der Waals surface area contributed by atoms with Gasteiger partial charge in [-0.1, -0.05) is 18.6 Å². The second-order valence-corrected chi connectivity index (χ2v) is 5.41. The molecule has 1 aliphatic rings. The predicted molar refractivity (Wildman–Crippen MR) is 74.9 cm³/mol. The zero-order valence-electron chi connectivity index (χ0n) is 11.5. The lowest BCUT2D eigenvalue weighted by atomic mass is 9.88. The number of hydrogen-bond donors (Lipinski definition) is 1. The van der Waals surface area contributed by atoms with E-state index in [1.807, 2.05) is 12.1 Å². The van der Waals surface area contributed by atoms with Gasteiger partial charge in [0.05, 0.1) is 5.54 Å². The van der Waals surface area contributed by atoms with Crippen LogP contribution in [-0.4, -0.2) is 37.2 Å². The quantitative estimate of drug-likeness (QED) is 0.887. The number of benzene rings is 1. The maximum atomic E-state index is 6.00. The van der Waals surface area contributed by atoms with Crippen LogP contribution < -0.4 is 10.5 Å². The Morgan fingerprint density at radius 1 is 1.39 bits per heavy atom. The topological polar surface area (TPSA) is 38.5 Å². The third-order valence-corrected chi connectivity index (χ3v) is 4.07. The van der Waals surface area contributed by atoms with Crippen LogP contribution in [0.1, 0.15) is 24.8 Å². The summed E-state index contributed by atoms with van der Waals surface area (Å²) in [6.07, 6.45) is 3.65. The highest BCUT2D eigenvalue weighted by Gasteiger charge is 2.36. The van der Waals surface area contributed by atoms with E-state index in [1.165, 1.54) is 18.4 Å². The molecule has 1 aromatic rings. The molecule has 100 valence electrons. The molecule has 3 nitrogen and oxygen atoms in total. The van der Waals surface area contributed by atoms with Crippen LogP contribution in [0.4, 0.5) is 0 Å². The molecule has 2 N–H and O–H groups in total. The Kier molecular flexibility index (Phi) is 4.25. The van der Waals surface area contributed by atoms with Crippen molar-refractivity contribution in [1.82, 2.24) is 4.90 Å². The van der Waals surface area contributed by atoms with Crippen LogP contribution >= 0.6 is 0 Å². The third kappa shape index (κ3) is 2.85. The number of likely N-dealkylation sites (N-methyl/N-ethyl adjacent to an activating group) is 1. The molecule has 1 atom stereocenters. The lowest BCUT2D eigenvalue weighted by Crippen LogP contribution is -2.58. The predicted octanol–water partition coefficient (Wildman–Crippen LogP) is 2.19. The molecule has 1 heterocycles. The van der Waals surface area contributed by atoms with Crippen LogP contribution in [0.5, 0.6) is 5.75 Å². The minimum Gasteiger partial charge on any atom is -0.492 e. The molecule has 1 aliphatic heterocycles. The molecule has 1 saturated heterocycles. The van der Waals surface area contributed by atoms with Gasteiger partial charge in [-0.3, -0.25) is 4.90 Å². The third-order valence-electron chi connectivity index (χ3n) is 4.07. The SMILES string of the molecule is Cc1cccc(OCC2(CN)CCCCN2C)c1. The smallest absolute Gasteiger partial charge is 0.119 e. The minimum absolute atomic E-state index is 0.0159. The van der Waals surface area contributed by atoms with Gasteiger partial charge in [-0.25, -0.2) is 0 Å². The van der Waals surface area contributed by atoms with Crippen molar-refractivity contribution in [1.29, 1.82) is 0 Å². The fourth-order valence-corrected chi connectivity index (χ4v) is 2.65. The Morgan fingerprint density at radius 2 is 2.22 bits per heavy atom. The Balaban J connectivity index is 2.02. The summed E-state index contributed by atoms with van der Waals surface area (Å²) in [6.45, 7) is 4.55. The average Bonchev–Trinajstić information content (AvgIpc) is 2.38. The number of piperidine rings is 1. The number of aryl methyl sites for hydroxylation is 1. The van der Waals surface area contributed by atoms with Gasteiger partial charge in [0.1, 0.15) is 12.4 Å². The van der Waals surface area contributed by atoms with Crippen LogP contribution in [0.3, 0.4) is 0 Å². The van der Waals surface area contributed by atoms with Crippen molar-refractivity contribution >= 4 is 0 Å². The zero-order chi connectivity index (χ0) is 13.0. The largest absolute Gasteiger partial charge is 0.492 e. The fraction of sp³-hybridized carbons (Fsp3) is 0.600. The van der Waals surface area contributed by atoms with E-state index in [0.29, 0.717) is 13.2 Å². The molecule has 0 bridgehead atoms. The van der Waals surface area contributed by atoms with Crippen molar-refractivity contribution in [2.24, 2.45) is 5.73 Å². The molecule has 18 heavy (non-hydrogen) atoms. The summed E-state index contributed by atoms with van der Waals surface area (Å²) in [5.41, 5.74) is 7.24. The summed E-state index contributed by atoms with van der Waals surface area (Å²) in [7, 11) is 2.16. The first kappa shape index (κ1) is 13.4. The Hall–Kier alpha value is -1.06. The summed E-state index contributed by atoms with van der Waals surface area (Å²) < 4.78 is 5.97. The lowest BCUT2D eigenvalue weighted by molar-refractivity contribution is 0.0340. The van der Waals surface area contributed by atoms with E-state index in [-0.39, 0.29) is 5.54 Å². The van der Waals surface area contributed by atoms with E-state index in [2.05, 4.69) is 31.0 Å². The van der Waals surface area contributed by atoms with Gasteiger partial charge in [0.15, 0.2) is 0 Å². The molecule has 0 aliphatic carbocycles. The summed E-state index contributed by atoms with van der Waals surface area (Å²) in [5.74, 6) is 0.946. The first-order valence-corrected chi connectivity index (χ1v) is 6.77. The van der Waals surface area contributed by atoms with Gasteiger partial charge in [-0.05, 0) is 51.1 Å². The van der Waals surface area contributed by atoms with Crippen molar-refractivity contribution in [3.05, 3.63) is 29.8 Å². The Labute approximate surface area is 110 Å². The summed E-state index contributed by atoms with van der Waals surface area (Å²) in [5, 5.41) is 0. The normalized spacial score (nSPS) is 25.1. The number of nitrogens with zero attached hydrogens (tertiary/aromatic N) is 1. The van der Waals surface area contributed by atoms with E-state index < -0.39 is 0 Å². The van der Waals surface area contributed by atoms with Gasteiger partial charge in [0.2, 0.25) is 0 Å². The van der Waals surface area contributed by atoms with E-state index in [4.69, 9.17) is 10.5 Å². The van der Waals surface area contributed by atoms with Crippen LogP contribution in [0.15, 0.2) is 24.3 Å². The first-order chi connectivity index (χ1) is 8.66. The van der Waals surface area contributed by atoms with E-state index in [9.17, 15) is 0 Å². The van der Waals surface area contributed by atoms with Crippen molar-refractivity contribution < 1.29 is 4.74 Å². The maximum absolute atomic E-state index is 6.00. The molecule has 2 rings (SSSR count). The molecule has 0 saturated carbocycles. The minimum atomic E-state index is 0.0159. The Bertz CT molecular complexity index is 394. The summed E-state index contributed by atoms with van der Waals surface area (Å²) in [6, 6.07) is 8.20. The van der Waals surface area contributed by atoms with Crippen LogP contribution in [0.2, 0.25) is 0 Å². The van der Waals surface area contributed by atoms with Crippen LogP contribution in [0, 0.1) is 6.92 Å². The Morgan fingerprint density at radius 3 is 2.89 bits per heavy atom. The number of nitrogens with two attached hydrogens (primary N) is 1. The van der Waals surface area contributed by atoms with Gasteiger partial charge >= 0.3 is 0 Å². The van der Waals surface area contributed by atoms with Crippen LogP contribution in [-0.2, 0) is 0 Å². The number of rotatable bonds is 4. The van der Waals surface area contributed by atoms with E-state index in [0.717, 1.165) is 18.7 Å². The monoisotopic (exact) mass is 248 g/mol. The van der Waals surface area contributed by atoms with E-state index in [1.54, 1.807) is 0 Å². The highest BCUT2D eigenvalue weighted by Crippen LogP contribution is 2.27. The lowest BCUT2D eigenvalue weighted by Gasteiger charge is -2.44. The molecule has 0 radical (unpaired) electrons. The molecule has 1 aromatic carbocycles. The van der Waals surface area contributed by atoms with Gasteiger partial charge in [-0.15, -0.1) is 0 Å². The summed E-state index contributed by atoms with van der Waals surface area (Å²) in [4.78, 5) is 2.37. The van der Waals surface area contributed by atoms with Crippen molar-refractivity contribution in [2.75, 3.05) is 26.7 Å². The molecule has 0 spiro atoms. The average molecular weight is 248 g/mol. The molecular weight excluding hydrogens is 224 g/mol. The highest BCUT2D eigenvalue weighted by atomic mass is 16.5. The molecule has 0 amide bonds. The van der Waals surface area contributed by atoms with Crippen molar-refractivity contribution in [3.8, 4) is 5.75 Å². The second-order valence-electron chi connectivity index (χ2n) is 5.41. The molecular formula is C15H24N2O. The standard InChI is InChI=1S/C15H24N2O/c1-13-6-5-7-14(10-13)18-12-15(11-16)8-3-4-9-17(15)2/h5-7,10H,3-4,8-9,11-12,16H2,1-2H3. The number of likely N-dealkylation sites (tertiary alicyclic amines) is 1. The fourth-order valence-electron chi connectivity index (χ4n) is 2.65. The molecule has 3 heteroatoms. The number of ether oxygens (including phenoxy) is 1. The molecule has 1 fully saturated rings. The first-order valence-electron chi connectivity index (χ1n) is 6.77. The molecule has 1 unspecified atom stereocenters.